The van der Waals surface area contributed by atoms with Crippen LogP contribution in [0, 0.1) is 0 Å². The smallest absolute Gasteiger partial charge is 0.286 e. The number of hydrogen-bond donors (Lipinski definition) is 3. The lowest BCUT2D eigenvalue weighted by molar-refractivity contribution is -0.113. The van der Waals surface area contributed by atoms with Gasteiger partial charge in [0.15, 0.2) is 9.35 Å². The van der Waals surface area contributed by atoms with Crippen LogP contribution >= 0.6 is 34.4 Å². The van der Waals surface area contributed by atoms with Crippen molar-refractivity contribution in [1.82, 2.24) is 15.2 Å². The molecule has 3 amide bonds. The van der Waals surface area contributed by atoms with Crippen LogP contribution in [-0.4, -0.2) is 38.7 Å². The van der Waals surface area contributed by atoms with E-state index in [-0.39, 0.29) is 17.6 Å². The zero-order valence-electron chi connectivity index (χ0n) is 15.7. The van der Waals surface area contributed by atoms with E-state index < -0.39 is 5.91 Å². The largest absolute Gasteiger partial charge is 0.366 e. The van der Waals surface area contributed by atoms with Crippen LogP contribution in [0.5, 0.6) is 0 Å². The van der Waals surface area contributed by atoms with Gasteiger partial charge in [-0.05, 0) is 36.4 Å². The van der Waals surface area contributed by atoms with Crippen molar-refractivity contribution < 1.29 is 14.4 Å². The molecule has 12 heteroatoms. The van der Waals surface area contributed by atoms with E-state index in [2.05, 4.69) is 25.8 Å². The van der Waals surface area contributed by atoms with E-state index in [9.17, 15) is 14.4 Å². The number of rotatable bonds is 7. The highest BCUT2D eigenvalue weighted by Gasteiger charge is 2.15. The monoisotopic (exact) mass is 470 g/mol. The highest BCUT2D eigenvalue weighted by molar-refractivity contribution is 8.01. The molecule has 0 atom stereocenters. The molecule has 0 saturated carbocycles. The maximum absolute atomic E-state index is 12.4. The van der Waals surface area contributed by atoms with Crippen LogP contribution < -0.4 is 16.4 Å². The molecule has 9 nitrogen and oxygen atoms in total. The zero-order chi connectivity index (χ0) is 21.8. The molecule has 4 aromatic rings. The molecule has 0 aliphatic carbocycles. The summed E-state index contributed by atoms with van der Waals surface area (Å²) < 4.78 is 1.47. The van der Waals surface area contributed by atoms with Gasteiger partial charge in [-0.25, -0.2) is 4.98 Å². The van der Waals surface area contributed by atoms with E-state index in [1.165, 1.54) is 46.6 Å². The van der Waals surface area contributed by atoms with Crippen molar-refractivity contribution in [2.75, 3.05) is 16.4 Å². The normalized spacial score (nSPS) is 10.7. The summed E-state index contributed by atoms with van der Waals surface area (Å²) in [6, 6.07) is 13.8. The van der Waals surface area contributed by atoms with Gasteiger partial charge in [0, 0.05) is 11.3 Å². The van der Waals surface area contributed by atoms with Crippen molar-refractivity contribution in [2.45, 2.75) is 4.34 Å². The summed E-state index contributed by atoms with van der Waals surface area (Å²) in [6.45, 7) is 0. The van der Waals surface area contributed by atoms with Crippen LogP contribution in [0.25, 0.3) is 10.2 Å². The predicted octanol–water partition coefficient (Wildman–Crippen LogP) is 3.23. The quantitative estimate of drug-likeness (QED) is 0.278. The number of para-hydroxylation sites is 1. The maximum atomic E-state index is 12.4. The average Bonchev–Trinajstić information content (AvgIpc) is 3.39. The van der Waals surface area contributed by atoms with Crippen LogP contribution in [0.1, 0.15) is 20.2 Å². The van der Waals surface area contributed by atoms with Gasteiger partial charge >= 0.3 is 0 Å². The van der Waals surface area contributed by atoms with Crippen molar-refractivity contribution in [3.63, 3.8) is 0 Å². The summed E-state index contributed by atoms with van der Waals surface area (Å²) in [5, 5.41) is 14.0. The van der Waals surface area contributed by atoms with Gasteiger partial charge in [0.25, 0.3) is 5.91 Å². The number of benzene rings is 2. The molecule has 4 rings (SSSR count). The first-order valence-corrected chi connectivity index (χ1v) is 11.4. The Morgan fingerprint density at radius 1 is 0.968 bits per heavy atom. The van der Waals surface area contributed by atoms with E-state index in [1.54, 1.807) is 12.1 Å². The van der Waals surface area contributed by atoms with E-state index >= 15 is 0 Å². The number of aromatic nitrogens is 3. The van der Waals surface area contributed by atoms with Crippen LogP contribution in [0.3, 0.4) is 0 Å². The van der Waals surface area contributed by atoms with Gasteiger partial charge in [0.05, 0.1) is 16.0 Å². The summed E-state index contributed by atoms with van der Waals surface area (Å²) in [4.78, 5) is 39.9. The zero-order valence-corrected chi connectivity index (χ0v) is 18.1. The minimum Gasteiger partial charge on any atom is -0.366 e. The Hall–Kier alpha value is -3.35. The first kappa shape index (κ1) is 20.9. The third-order valence-electron chi connectivity index (χ3n) is 3.89. The van der Waals surface area contributed by atoms with Gasteiger partial charge in [-0.15, -0.1) is 21.5 Å². The number of thiazole rings is 1. The molecule has 31 heavy (non-hydrogen) atoms. The van der Waals surface area contributed by atoms with Gasteiger partial charge in [-0.3, -0.25) is 19.7 Å². The molecule has 2 heterocycles. The van der Waals surface area contributed by atoms with Crippen molar-refractivity contribution in [3.05, 3.63) is 59.1 Å². The van der Waals surface area contributed by atoms with Gasteiger partial charge in [0.2, 0.25) is 16.9 Å². The van der Waals surface area contributed by atoms with Gasteiger partial charge < -0.3 is 11.1 Å². The molecule has 0 fully saturated rings. The molecule has 4 N–H and O–H groups in total. The highest BCUT2D eigenvalue weighted by atomic mass is 32.2. The lowest BCUT2D eigenvalue weighted by Gasteiger charge is -2.04. The second kappa shape index (κ2) is 9.20. The van der Waals surface area contributed by atoms with Crippen molar-refractivity contribution in [2.24, 2.45) is 5.73 Å². The minimum absolute atomic E-state index is 0.109. The molecule has 2 aromatic heterocycles. The third kappa shape index (κ3) is 5.23. The number of nitrogens with zero attached hydrogens (tertiary/aromatic N) is 3. The summed E-state index contributed by atoms with van der Waals surface area (Å²) >= 11 is 3.67. The Morgan fingerprint density at radius 3 is 2.48 bits per heavy atom. The van der Waals surface area contributed by atoms with Crippen molar-refractivity contribution in [1.29, 1.82) is 0 Å². The molecule has 0 unspecified atom stereocenters. The number of carbonyl (C=O) groups is 3. The van der Waals surface area contributed by atoms with Crippen LogP contribution in [-0.2, 0) is 4.79 Å². The van der Waals surface area contributed by atoms with E-state index in [1.807, 2.05) is 24.3 Å². The first-order valence-electron chi connectivity index (χ1n) is 8.81. The summed E-state index contributed by atoms with van der Waals surface area (Å²) in [6.07, 6.45) is 0. The Kier molecular flexibility index (Phi) is 6.21. The van der Waals surface area contributed by atoms with Crippen LogP contribution in [0.2, 0.25) is 0 Å². The summed E-state index contributed by atoms with van der Waals surface area (Å²) in [5.74, 6) is -1.02. The van der Waals surface area contributed by atoms with E-state index in [0.29, 0.717) is 25.7 Å². The molecule has 0 aliphatic rings. The van der Waals surface area contributed by atoms with Crippen molar-refractivity contribution >= 4 is 73.2 Å². The Morgan fingerprint density at radius 2 is 1.74 bits per heavy atom. The number of carbonyl (C=O) groups excluding carboxylic acids is 3. The molecule has 0 aliphatic heterocycles. The molecule has 2 aromatic carbocycles. The summed E-state index contributed by atoms with van der Waals surface area (Å²) in [5.41, 5.74) is 6.87. The number of amides is 3. The standard InChI is InChI=1S/C19H14N6O3S3/c20-15(27)10-5-7-11(8-6-10)21-14(26)9-29-19-25-24-18(31-19)23-16(28)17-22-12-3-1-2-4-13(12)30-17/h1-8H,9H2,(H2,20,27)(H,21,26)(H,23,24,28). The molecule has 156 valence electrons. The van der Waals surface area contributed by atoms with Gasteiger partial charge in [-0.1, -0.05) is 35.2 Å². The fourth-order valence-corrected chi connectivity index (χ4v) is 4.89. The fourth-order valence-electron chi connectivity index (χ4n) is 2.48. The number of nitrogens with two attached hydrogens (primary N) is 1. The van der Waals surface area contributed by atoms with E-state index in [4.69, 9.17) is 5.73 Å². The third-order valence-corrected chi connectivity index (χ3v) is 6.90. The van der Waals surface area contributed by atoms with E-state index in [0.717, 1.165) is 10.2 Å². The minimum atomic E-state index is -0.532. The van der Waals surface area contributed by atoms with Gasteiger partial charge in [-0.2, -0.15) is 0 Å². The molecular weight excluding hydrogens is 456 g/mol. The Bertz CT molecular complexity index is 1240. The average molecular weight is 471 g/mol. The Labute approximate surface area is 188 Å². The fraction of sp³-hybridized carbons (Fsp3) is 0.0526. The second-order valence-corrected chi connectivity index (χ2v) is 9.32. The second-order valence-electron chi connectivity index (χ2n) is 6.09. The molecule has 0 radical (unpaired) electrons. The molecule has 0 saturated heterocycles. The predicted molar refractivity (Wildman–Crippen MR) is 122 cm³/mol. The van der Waals surface area contributed by atoms with Gasteiger partial charge in [0.1, 0.15) is 0 Å². The first-order chi connectivity index (χ1) is 15.0. The topological polar surface area (TPSA) is 140 Å². The SMILES string of the molecule is NC(=O)c1ccc(NC(=O)CSc2nnc(NC(=O)c3nc4ccccc4s3)s2)cc1. The maximum Gasteiger partial charge on any atom is 0.286 e. The number of anilines is 2. The van der Waals surface area contributed by atoms with Crippen LogP contribution in [0.15, 0.2) is 52.9 Å². The number of thioether (sulfide) groups is 1. The Balaban J connectivity index is 1.29. The number of hydrogen-bond acceptors (Lipinski definition) is 9. The molecule has 0 bridgehead atoms. The molecular formula is C19H14N6O3S3. The summed E-state index contributed by atoms with van der Waals surface area (Å²) in [7, 11) is 0. The lowest BCUT2D eigenvalue weighted by atomic mass is 10.2. The lowest BCUT2D eigenvalue weighted by Crippen LogP contribution is -2.14. The highest BCUT2D eigenvalue weighted by Crippen LogP contribution is 2.27. The molecule has 0 spiro atoms. The van der Waals surface area contributed by atoms with Crippen LogP contribution in [0.4, 0.5) is 10.8 Å². The number of fused-ring (bicyclic) bond motifs is 1. The number of nitrogens with one attached hydrogen (secondary N) is 2. The van der Waals surface area contributed by atoms with Crippen molar-refractivity contribution in [3.8, 4) is 0 Å². The number of primary amides is 1.